The summed E-state index contributed by atoms with van der Waals surface area (Å²) < 4.78 is 5.98. The summed E-state index contributed by atoms with van der Waals surface area (Å²) in [4.78, 5) is 22.7. The number of hydrogen-bond acceptors (Lipinski definition) is 3. The molecule has 0 saturated carbocycles. The van der Waals surface area contributed by atoms with Crippen LogP contribution in [0.4, 0.5) is 0 Å². The molecule has 6 heteroatoms. The molecule has 2 amide bonds. The van der Waals surface area contributed by atoms with E-state index in [-0.39, 0.29) is 18.2 Å². The largest absolute Gasteiger partial charge is 0.454 e. The normalized spacial score (nSPS) is 10.2. The first-order chi connectivity index (χ1) is 9.06. The van der Waals surface area contributed by atoms with E-state index in [2.05, 4.69) is 21.2 Å². The Morgan fingerprint density at radius 2 is 2.05 bits per heavy atom. The van der Waals surface area contributed by atoms with Crippen molar-refractivity contribution in [3.63, 3.8) is 0 Å². The van der Waals surface area contributed by atoms with Gasteiger partial charge in [0.25, 0.3) is 11.8 Å². The van der Waals surface area contributed by atoms with Crippen molar-refractivity contribution in [2.75, 3.05) is 0 Å². The predicted octanol–water partition coefficient (Wildman–Crippen LogP) is 2.07. The van der Waals surface area contributed by atoms with Crippen LogP contribution >= 0.6 is 15.9 Å². The topological polar surface area (TPSA) is 85.3 Å². The van der Waals surface area contributed by atoms with E-state index in [4.69, 9.17) is 10.2 Å². The molecule has 0 atom stereocenters. The summed E-state index contributed by atoms with van der Waals surface area (Å²) in [6.07, 6.45) is 0. The summed E-state index contributed by atoms with van der Waals surface area (Å²) >= 11 is 3.30. The van der Waals surface area contributed by atoms with Crippen molar-refractivity contribution in [3.05, 3.63) is 58.0 Å². The smallest absolute Gasteiger partial charge is 0.284 e. The van der Waals surface area contributed by atoms with Crippen LogP contribution in [-0.4, -0.2) is 11.8 Å². The van der Waals surface area contributed by atoms with E-state index in [9.17, 15) is 9.59 Å². The number of carbonyl (C=O) groups is 2. The molecule has 98 valence electrons. The van der Waals surface area contributed by atoms with Crippen LogP contribution in [-0.2, 0) is 6.54 Å². The van der Waals surface area contributed by atoms with Gasteiger partial charge in [0.15, 0.2) is 5.76 Å². The molecular weight excluding hydrogens is 312 g/mol. The SMILES string of the molecule is NC(=O)c1ccc(CNC(=O)c2cccc(Br)c2)o1. The second-order valence-electron chi connectivity index (χ2n) is 3.82. The Morgan fingerprint density at radius 3 is 2.68 bits per heavy atom. The Balaban J connectivity index is 1.98. The summed E-state index contributed by atoms with van der Waals surface area (Å²) in [6.45, 7) is 0.193. The van der Waals surface area contributed by atoms with E-state index in [0.717, 1.165) is 4.47 Å². The molecule has 1 aromatic carbocycles. The lowest BCUT2D eigenvalue weighted by Gasteiger charge is -2.03. The summed E-state index contributed by atoms with van der Waals surface area (Å²) in [5.74, 6) is -0.313. The van der Waals surface area contributed by atoms with Gasteiger partial charge in [0.2, 0.25) is 0 Å². The number of nitrogens with two attached hydrogens (primary N) is 1. The molecule has 0 fully saturated rings. The Morgan fingerprint density at radius 1 is 1.26 bits per heavy atom. The van der Waals surface area contributed by atoms with Gasteiger partial charge in [-0.3, -0.25) is 9.59 Å². The second-order valence-corrected chi connectivity index (χ2v) is 4.74. The number of halogens is 1. The standard InChI is InChI=1S/C13H11BrN2O3/c14-9-3-1-2-8(6-9)13(18)16-7-10-4-5-11(19-10)12(15)17/h1-6H,7H2,(H2,15,17)(H,16,18). The summed E-state index contributed by atoms with van der Waals surface area (Å²) in [6, 6.07) is 10.1. The first kappa shape index (κ1) is 13.4. The maximum atomic E-state index is 11.8. The van der Waals surface area contributed by atoms with Gasteiger partial charge in [-0.2, -0.15) is 0 Å². The molecule has 5 nitrogen and oxygen atoms in total. The van der Waals surface area contributed by atoms with Gasteiger partial charge in [-0.25, -0.2) is 0 Å². The van der Waals surface area contributed by atoms with Crippen molar-refractivity contribution >= 4 is 27.7 Å². The zero-order valence-electron chi connectivity index (χ0n) is 9.85. The number of amides is 2. The van der Waals surface area contributed by atoms with E-state index in [1.165, 1.54) is 6.07 Å². The van der Waals surface area contributed by atoms with E-state index in [1.807, 2.05) is 6.07 Å². The highest BCUT2D eigenvalue weighted by Crippen LogP contribution is 2.12. The van der Waals surface area contributed by atoms with Gasteiger partial charge in [0, 0.05) is 10.0 Å². The summed E-state index contributed by atoms with van der Waals surface area (Å²) in [5.41, 5.74) is 5.60. The maximum Gasteiger partial charge on any atom is 0.284 e. The van der Waals surface area contributed by atoms with Crippen molar-refractivity contribution < 1.29 is 14.0 Å². The third kappa shape index (κ3) is 3.45. The zero-order chi connectivity index (χ0) is 13.8. The Bertz CT molecular complexity index is 622. The van der Waals surface area contributed by atoms with Crippen LogP contribution in [0.5, 0.6) is 0 Å². The van der Waals surface area contributed by atoms with E-state index >= 15 is 0 Å². The minimum absolute atomic E-state index is 0.0757. The van der Waals surface area contributed by atoms with Crippen LogP contribution in [0, 0.1) is 0 Å². The van der Waals surface area contributed by atoms with Gasteiger partial charge < -0.3 is 15.5 Å². The average Bonchev–Trinajstić information content (AvgIpc) is 2.85. The number of hydrogen-bond donors (Lipinski definition) is 2. The molecule has 0 unspecified atom stereocenters. The lowest BCUT2D eigenvalue weighted by molar-refractivity contribution is 0.0947. The molecule has 0 aliphatic rings. The first-order valence-electron chi connectivity index (χ1n) is 5.48. The van der Waals surface area contributed by atoms with Crippen LogP contribution < -0.4 is 11.1 Å². The third-order valence-electron chi connectivity index (χ3n) is 2.41. The summed E-state index contributed by atoms with van der Waals surface area (Å²) in [5, 5.41) is 2.69. The third-order valence-corrected chi connectivity index (χ3v) is 2.91. The molecule has 2 rings (SSSR count). The van der Waals surface area contributed by atoms with Crippen molar-refractivity contribution in [1.82, 2.24) is 5.32 Å². The molecule has 19 heavy (non-hydrogen) atoms. The average molecular weight is 323 g/mol. The second kappa shape index (κ2) is 5.71. The highest BCUT2D eigenvalue weighted by molar-refractivity contribution is 9.10. The molecule has 0 aliphatic carbocycles. The number of nitrogens with one attached hydrogen (secondary N) is 1. The van der Waals surface area contributed by atoms with Crippen LogP contribution in [0.1, 0.15) is 26.7 Å². The number of furan rings is 1. The van der Waals surface area contributed by atoms with E-state index in [0.29, 0.717) is 11.3 Å². The Labute approximate surface area is 117 Å². The Hall–Kier alpha value is -2.08. The molecule has 0 spiro atoms. The number of primary amides is 1. The lowest BCUT2D eigenvalue weighted by Crippen LogP contribution is -2.22. The fourth-order valence-corrected chi connectivity index (χ4v) is 1.90. The van der Waals surface area contributed by atoms with Gasteiger partial charge in [-0.1, -0.05) is 22.0 Å². The van der Waals surface area contributed by atoms with Crippen LogP contribution in [0.15, 0.2) is 45.3 Å². The molecule has 1 aromatic heterocycles. The highest BCUT2D eigenvalue weighted by Gasteiger charge is 2.09. The maximum absolute atomic E-state index is 11.8. The molecule has 0 saturated heterocycles. The molecule has 0 bridgehead atoms. The zero-order valence-corrected chi connectivity index (χ0v) is 11.4. The molecule has 0 radical (unpaired) electrons. The predicted molar refractivity (Wildman–Crippen MR) is 72.5 cm³/mol. The molecular formula is C13H11BrN2O3. The number of carbonyl (C=O) groups excluding carboxylic acids is 2. The fraction of sp³-hybridized carbons (Fsp3) is 0.0769. The first-order valence-corrected chi connectivity index (χ1v) is 6.28. The monoisotopic (exact) mass is 322 g/mol. The van der Waals surface area contributed by atoms with Crippen molar-refractivity contribution in [3.8, 4) is 0 Å². The van der Waals surface area contributed by atoms with E-state index in [1.54, 1.807) is 24.3 Å². The molecule has 2 aromatic rings. The molecule has 3 N–H and O–H groups in total. The van der Waals surface area contributed by atoms with Crippen LogP contribution in [0.2, 0.25) is 0 Å². The van der Waals surface area contributed by atoms with Crippen molar-refractivity contribution in [2.24, 2.45) is 5.73 Å². The number of benzene rings is 1. The summed E-state index contributed by atoms with van der Waals surface area (Å²) in [7, 11) is 0. The molecule has 1 heterocycles. The quantitative estimate of drug-likeness (QED) is 0.903. The van der Waals surface area contributed by atoms with Gasteiger partial charge in [-0.15, -0.1) is 0 Å². The van der Waals surface area contributed by atoms with Crippen LogP contribution in [0.3, 0.4) is 0 Å². The van der Waals surface area contributed by atoms with Crippen molar-refractivity contribution in [1.29, 1.82) is 0 Å². The lowest BCUT2D eigenvalue weighted by atomic mass is 10.2. The van der Waals surface area contributed by atoms with Crippen LogP contribution in [0.25, 0.3) is 0 Å². The van der Waals surface area contributed by atoms with E-state index < -0.39 is 5.91 Å². The molecule has 0 aliphatic heterocycles. The Kier molecular flexibility index (Phi) is 4.01. The van der Waals surface area contributed by atoms with Gasteiger partial charge in [-0.05, 0) is 30.3 Å². The minimum atomic E-state index is -0.635. The van der Waals surface area contributed by atoms with Gasteiger partial charge in [0.05, 0.1) is 6.54 Å². The fourth-order valence-electron chi connectivity index (χ4n) is 1.50. The van der Waals surface area contributed by atoms with Gasteiger partial charge in [0.1, 0.15) is 5.76 Å². The van der Waals surface area contributed by atoms with Crippen molar-refractivity contribution in [2.45, 2.75) is 6.54 Å². The van der Waals surface area contributed by atoms with Gasteiger partial charge >= 0.3 is 0 Å². The highest BCUT2D eigenvalue weighted by atomic mass is 79.9. The number of rotatable bonds is 4. The minimum Gasteiger partial charge on any atom is -0.454 e.